The van der Waals surface area contributed by atoms with Crippen LogP contribution in [0.3, 0.4) is 0 Å². The Bertz CT molecular complexity index is 916. The molecule has 8 heteroatoms. The van der Waals surface area contributed by atoms with Crippen molar-refractivity contribution in [3.8, 4) is 0 Å². The van der Waals surface area contributed by atoms with E-state index in [9.17, 15) is 14.7 Å². The molecule has 4 rings (SSSR count). The van der Waals surface area contributed by atoms with E-state index >= 15 is 0 Å². The van der Waals surface area contributed by atoms with Crippen molar-refractivity contribution in [3.63, 3.8) is 0 Å². The monoisotopic (exact) mass is 340 g/mol. The van der Waals surface area contributed by atoms with Crippen LogP contribution in [0.4, 0.5) is 0 Å². The summed E-state index contributed by atoms with van der Waals surface area (Å²) < 4.78 is 1.55. The van der Waals surface area contributed by atoms with Crippen molar-refractivity contribution in [1.82, 2.24) is 19.9 Å². The number of aliphatic carboxylic acids is 1. The SMILES string of the molecule is Cn1cc(/C=C2/C(=O)N3C(C(=O)O)=C(c4ccccc4)S[C@H]23)nn1. The summed E-state index contributed by atoms with van der Waals surface area (Å²) in [6, 6.07) is 9.23. The molecule has 0 unspecified atom stereocenters. The first kappa shape index (κ1) is 14.7. The number of carbonyl (C=O) groups is 2. The fourth-order valence-corrected chi connectivity index (χ4v) is 4.15. The second-order valence-corrected chi connectivity index (χ2v) is 6.50. The van der Waals surface area contributed by atoms with Gasteiger partial charge in [0.2, 0.25) is 0 Å². The molecule has 2 aliphatic rings. The normalized spacial score (nSPS) is 21.2. The number of hydrogen-bond donors (Lipinski definition) is 1. The number of rotatable bonds is 3. The lowest BCUT2D eigenvalue weighted by Gasteiger charge is -2.36. The first-order chi connectivity index (χ1) is 11.6. The number of fused-ring (bicyclic) bond motifs is 1. The molecule has 0 spiro atoms. The second kappa shape index (κ2) is 5.34. The van der Waals surface area contributed by atoms with Gasteiger partial charge in [0.05, 0.1) is 11.8 Å². The van der Waals surface area contributed by atoms with Crippen molar-refractivity contribution in [2.75, 3.05) is 0 Å². The van der Waals surface area contributed by atoms with E-state index < -0.39 is 5.97 Å². The molecule has 0 radical (unpaired) electrons. The summed E-state index contributed by atoms with van der Waals surface area (Å²) in [4.78, 5) is 26.0. The number of aryl methyl sites for hydroxylation is 1. The van der Waals surface area contributed by atoms with E-state index in [0.717, 1.165) is 5.56 Å². The fraction of sp³-hybridized carbons (Fsp3) is 0.125. The van der Waals surface area contributed by atoms with Gasteiger partial charge in [-0.25, -0.2) is 4.79 Å². The third kappa shape index (κ3) is 2.15. The van der Waals surface area contributed by atoms with Gasteiger partial charge in [0.15, 0.2) is 0 Å². The highest BCUT2D eigenvalue weighted by Gasteiger charge is 2.52. The van der Waals surface area contributed by atoms with Crippen LogP contribution in [0.5, 0.6) is 0 Å². The molecule has 0 saturated carbocycles. The maximum absolute atomic E-state index is 12.4. The molecular formula is C16H12N4O3S. The van der Waals surface area contributed by atoms with E-state index in [1.54, 1.807) is 24.0 Å². The number of aromatic nitrogens is 3. The van der Waals surface area contributed by atoms with Crippen molar-refractivity contribution >= 4 is 34.6 Å². The quantitative estimate of drug-likeness (QED) is 0.674. The minimum Gasteiger partial charge on any atom is -0.477 e. The molecule has 1 aromatic carbocycles. The van der Waals surface area contributed by atoms with Gasteiger partial charge in [0, 0.05) is 12.0 Å². The van der Waals surface area contributed by atoms with Crippen molar-refractivity contribution in [1.29, 1.82) is 0 Å². The Morgan fingerprint density at radius 1 is 1.33 bits per heavy atom. The Morgan fingerprint density at radius 2 is 2.08 bits per heavy atom. The predicted octanol–water partition coefficient (Wildman–Crippen LogP) is 1.57. The summed E-state index contributed by atoms with van der Waals surface area (Å²) in [5.74, 6) is -1.41. The molecule has 7 nitrogen and oxygen atoms in total. The Labute approximate surface area is 141 Å². The summed E-state index contributed by atoms with van der Waals surface area (Å²) in [7, 11) is 1.74. The molecule has 1 atom stereocenters. The van der Waals surface area contributed by atoms with Gasteiger partial charge in [0.25, 0.3) is 5.91 Å². The van der Waals surface area contributed by atoms with Gasteiger partial charge in [0.1, 0.15) is 16.8 Å². The summed E-state index contributed by atoms with van der Waals surface area (Å²) in [6.07, 6.45) is 3.36. The number of carboxylic acids is 1. The minimum atomic E-state index is -1.10. The Kier molecular flexibility index (Phi) is 3.27. The molecule has 1 saturated heterocycles. The molecule has 24 heavy (non-hydrogen) atoms. The van der Waals surface area contributed by atoms with E-state index in [-0.39, 0.29) is 17.0 Å². The maximum atomic E-state index is 12.4. The fourth-order valence-electron chi connectivity index (χ4n) is 2.75. The smallest absolute Gasteiger partial charge is 0.353 e. The van der Waals surface area contributed by atoms with Crippen LogP contribution in [0, 0.1) is 0 Å². The van der Waals surface area contributed by atoms with Crippen LogP contribution in [-0.2, 0) is 16.6 Å². The van der Waals surface area contributed by atoms with Crippen molar-refractivity contribution in [2.45, 2.75) is 5.37 Å². The number of thioether (sulfide) groups is 1. The zero-order valence-corrected chi connectivity index (χ0v) is 13.4. The van der Waals surface area contributed by atoms with Crippen LogP contribution in [0.25, 0.3) is 11.0 Å². The van der Waals surface area contributed by atoms with E-state index in [1.807, 2.05) is 30.3 Å². The van der Waals surface area contributed by atoms with Gasteiger partial charge >= 0.3 is 5.97 Å². The summed E-state index contributed by atoms with van der Waals surface area (Å²) >= 11 is 1.37. The molecule has 2 aromatic rings. The molecule has 3 heterocycles. The molecule has 1 amide bonds. The largest absolute Gasteiger partial charge is 0.477 e. The zero-order chi connectivity index (χ0) is 16.8. The number of carbonyl (C=O) groups excluding carboxylic acids is 1. The highest BCUT2D eigenvalue weighted by Crippen LogP contribution is 2.52. The standard InChI is InChI=1S/C16H12N4O3S/c1-19-8-10(17-18-19)7-11-14(21)20-12(16(22)23)13(24-15(11)20)9-5-3-2-4-6-9/h2-8,15H,1H3,(H,22,23)/b11-7-/t15-/m1/s1. The van der Waals surface area contributed by atoms with E-state index in [2.05, 4.69) is 10.3 Å². The number of nitrogens with zero attached hydrogens (tertiary/aromatic N) is 4. The minimum absolute atomic E-state index is 0.0393. The highest BCUT2D eigenvalue weighted by molar-refractivity contribution is 8.09. The van der Waals surface area contributed by atoms with Gasteiger partial charge in [-0.1, -0.05) is 47.3 Å². The van der Waals surface area contributed by atoms with Crippen molar-refractivity contribution in [2.24, 2.45) is 7.05 Å². The topological polar surface area (TPSA) is 88.3 Å². The van der Waals surface area contributed by atoms with Crippen molar-refractivity contribution < 1.29 is 14.7 Å². The van der Waals surface area contributed by atoms with Gasteiger partial charge < -0.3 is 5.11 Å². The van der Waals surface area contributed by atoms with Crippen LogP contribution in [0.2, 0.25) is 0 Å². The molecule has 0 aliphatic carbocycles. The molecule has 1 aromatic heterocycles. The highest BCUT2D eigenvalue weighted by atomic mass is 32.2. The lowest BCUT2D eigenvalue weighted by atomic mass is 10.0. The molecule has 0 bridgehead atoms. The number of amides is 1. The van der Waals surface area contributed by atoms with Gasteiger partial charge in [-0.2, -0.15) is 0 Å². The third-order valence-electron chi connectivity index (χ3n) is 3.81. The molecule has 1 N–H and O–H groups in total. The number of carboxylic acid groups (broad SMARTS) is 1. The second-order valence-electron chi connectivity index (χ2n) is 5.41. The Morgan fingerprint density at radius 3 is 2.71 bits per heavy atom. The van der Waals surface area contributed by atoms with Gasteiger partial charge in [-0.05, 0) is 11.6 Å². The summed E-state index contributed by atoms with van der Waals surface area (Å²) in [5.41, 5.74) is 1.94. The predicted molar refractivity (Wildman–Crippen MR) is 88.2 cm³/mol. The average Bonchev–Trinajstić information content (AvgIpc) is 3.15. The van der Waals surface area contributed by atoms with Crippen molar-refractivity contribution in [3.05, 3.63) is 59.1 Å². The Balaban J connectivity index is 1.72. The molecular weight excluding hydrogens is 328 g/mol. The lowest BCUT2D eigenvalue weighted by molar-refractivity contribution is -0.140. The van der Waals surface area contributed by atoms with Crippen LogP contribution < -0.4 is 0 Å². The van der Waals surface area contributed by atoms with Crippen LogP contribution >= 0.6 is 11.8 Å². The molecule has 1 fully saturated rings. The molecule has 120 valence electrons. The summed E-state index contributed by atoms with van der Waals surface area (Å²) in [5, 5.41) is 17.0. The number of β-lactam (4-membered cyclic amide) rings is 1. The molecule has 2 aliphatic heterocycles. The van der Waals surface area contributed by atoms with Crippen LogP contribution in [0.15, 0.2) is 47.8 Å². The number of hydrogen-bond acceptors (Lipinski definition) is 5. The zero-order valence-electron chi connectivity index (χ0n) is 12.6. The van der Waals surface area contributed by atoms with Gasteiger partial charge in [-0.15, -0.1) is 5.10 Å². The van der Waals surface area contributed by atoms with E-state index in [1.165, 1.54) is 16.7 Å². The third-order valence-corrected chi connectivity index (χ3v) is 5.17. The first-order valence-electron chi connectivity index (χ1n) is 7.17. The maximum Gasteiger partial charge on any atom is 0.353 e. The lowest BCUT2D eigenvalue weighted by Crippen LogP contribution is -2.51. The number of benzene rings is 1. The van der Waals surface area contributed by atoms with Crippen LogP contribution in [0.1, 0.15) is 11.3 Å². The Hall–Kier alpha value is -2.87. The van der Waals surface area contributed by atoms with Gasteiger partial charge in [-0.3, -0.25) is 14.4 Å². The summed E-state index contributed by atoms with van der Waals surface area (Å²) in [6.45, 7) is 0. The van der Waals surface area contributed by atoms with E-state index in [4.69, 9.17) is 0 Å². The average molecular weight is 340 g/mol. The van der Waals surface area contributed by atoms with Crippen LogP contribution in [-0.4, -0.2) is 42.3 Å². The van der Waals surface area contributed by atoms with E-state index in [0.29, 0.717) is 16.2 Å². The first-order valence-corrected chi connectivity index (χ1v) is 8.05.